The zero-order chi connectivity index (χ0) is 15.7. The standard InChI is InChI=1S/C15H23N3O3.ClH/c1-12(15(20)18(3)10-9-16-2)17-14(19)11-21-13-7-5-4-6-8-13;/h4-8,12,16H,9-11H2,1-3H3,(H,17,19);1H. The molecule has 0 bridgehead atoms. The van der Waals surface area contributed by atoms with Gasteiger partial charge in [-0.2, -0.15) is 0 Å². The fourth-order valence-corrected chi connectivity index (χ4v) is 1.73. The summed E-state index contributed by atoms with van der Waals surface area (Å²) in [5, 5.41) is 5.60. The first-order valence-corrected chi connectivity index (χ1v) is 6.91. The lowest BCUT2D eigenvalue weighted by Crippen LogP contribution is -2.48. The van der Waals surface area contributed by atoms with E-state index < -0.39 is 6.04 Å². The smallest absolute Gasteiger partial charge is 0.258 e. The quantitative estimate of drug-likeness (QED) is 0.735. The first-order valence-electron chi connectivity index (χ1n) is 6.91. The maximum absolute atomic E-state index is 12.0. The molecule has 124 valence electrons. The van der Waals surface area contributed by atoms with Crippen molar-refractivity contribution in [1.29, 1.82) is 0 Å². The molecule has 1 aromatic rings. The average Bonchev–Trinajstić information content (AvgIpc) is 2.50. The zero-order valence-electron chi connectivity index (χ0n) is 13.2. The van der Waals surface area contributed by atoms with Crippen LogP contribution in [0.4, 0.5) is 0 Å². The van der Waals surface area contributed by atoms with Crippen molar-refractivity contribution >= 4 is 24.2 Å². The Labute approximate surface area is 137 Å². The largest absolute Gasteiger partial charge is 0.484 e. The van der Waals surface area contributed by atoms with E-state index in [0.717, 1.165) is 0 Å². The summed E-state index contributed by atoms with van der Waals surface area (Å²) < 4.78 is 5.33. The molecule has 0 spiro atoms. The third kappa shape index (κ3) is 7.28. The number of halogens is 1. The van der Waals surface area contributed by atoms with Gasteiger partial charge in [-0.25, -0.2) is 0 Å². The number of hydrogen-bond acceptors (Lipinski definition) is 4. The molecule has 0 saturated heterocycles. The van der Waals surface area contributed by atoms with Crippen molar-refractivity contribution in [3.05, 3.63) is 30.3 Å². The monoisotopic (exact) mass is 329 g/mol. The molecule has 0 radical (unpaired) electrons. The average molecular weight is 330 g/mol. The Balaban J connectivity index is 0.00000441. The molecular weight excluding hydrogens is 306 g/mol. The minimum absolute atomic E-state index is 0. The summed E-state index contributed by atoms with van der Waals surface area (Å²) in [7, 11) is 3.53. The number of ether oxygens (including phenoxy) is 1. The van der Waals surface area contributed by atoms with E-state index in [1.807, 2.05) is 25.2 Å². The van der Waals surface area contributed by atoms with Crippen LogP contribution in [-0.4, -0.2) is 56.5 Å². The van der Waals surface area contributed by atoms with Crippen LogP contribution < -0.4 is 15.4 Å². The van der Waals surface area contributed by atoms with E-state index in [9.17, 15) is 9.59 Å². The van der Waals surface area contributed by atoms with Crippen molar-refractivity contribution in [2.75, 3.05) is 33.8 Å². The molecule has 0 aliphatic heterocycles. The number of carbonyl (C=O) groups is 2. The second-order valence-electron chi connectivity index (χ2n) is 4.75. The lowest BCUT2D eigenvalue weighted by molar-refractivity contribution is -0.135. The third-order valence-electron chi connectivity index (χ3n) is 2.93. The van der Waals surface area contributed by atoms with Crippen molar-refractivity contribution < 1.29 is 14.3 Å². The molecule has 6 nitrogen and oxygen atoms in total. The molecule has 0 aliphatic carbocycles. The fraction of sp³-hybridized carbons (Fsp3) is 0.467. The van der Waals surface area contributed by atoms with Gasteiger partial charge in [0.1, 0.15) is 11.8 Å². The van der Waals surface area contributed by atoms with Gasteiger partial charge in [0, 0.05) is 20.1 Å². The lowest BCUT2D eigenvalue weighted by Gasteiger charge is -2.22. The number of benzene rings is 1. The summed E-state index contributed by atoms with van der Waals surface area (Å²) in [6.45, 7) is 2.86. The molecule has 0 fully saturated rings. The van der Waals surface area contributed by atoms with E-state index in [0.29, 0.717) is 18.8 Å². The molecule has 7 heteroatoms. The molecule has 1 aromatic carbocycles. The van der Waals surface area contributed by atoms with Crippen LogP contribution in [0.1, 0.15) is 6.92 Å². The van der Waals surface area contributed by atoms with Crippen molar-refractivity contribution in [2.45, 2.75) is 13.0 Å². The molecule has 22 heavy (non-hydrogen) atoms. The van der Waals surface area contributed by atoms with Gasteiger partial charge in [0.2, 0.25) is 5.91 Å². The van der Waals surface area contributed by atoms with Crippen LogP contribution >= 0.6 is 12.4 Å². The van der Waals surface area contributed by atoms with Gasteiger partial charge in [0.25, 0.3) is 5.91 Å². The topological polar surface area (TPSA) is 70.7 Å². The molecule has 0 aromatic heterocycles. The maximum Gasteiger partial charge on any atom is 0.258 e. The molecular formula is C15H24ClN3O3. The molecule has 0 saturated carbocycles. The predicted molar refractivity (Wildman–Crippen MR) is 88.4 cm³/mol. The molecule has 1 unspecified atom stereocenters. The molecule has 0 heterocycles. The Kier molecular flexibility index (Phi) is 9.98. The van der Waals surface area contributed by atoms with E-state index in [-0.39, 0.29) is 30.8 Å². The number of para-hydroxylation sites is 1. The van der Waals surface area contributed by atoms with E-state index in [1.54, 1.807) is 31.0 Å². The van der Waals surface area contributed by atoms with Gasteiger partial charge in [-0.15, -0.1) is 12.4 Å². The molecule has 1 rings (SSSR count). The van der Waals surface area contributed by atoms with Gasteiger partial charge in [0.15, 0.2) is 6.61 Å². The summed E-state index contributed by atoms with van der Waals surface area (Å²) in [5.41, 5.74) is 0. The summed E-state index contributed by atoms with van der Waals surface area (Å²) in [4.78, 5) is 25.3. The molecule has 0 aliphatic rings. The van der Waals surface area contributed by atoms with E-state index in [1.165, 1.54) is 0 Å². The number of nitrogens with zero attached hydrogens (tertiary/aromatic N) is 1. The van der Waals surface area contributed by atoms with E-state index >= 15 is 0 Å². The van der Waals surface area contributed by atoms with E-state index in [4.69, 9.17) is 4.74 Å². The minimum Gasteiger partial charge on any atom is -0.484 e. The Morgan fingerprint density at radius 1 is 1.27 bits per heavy atom. The lowest BCUT2D eigenvalue weighted by atomic mass is 10.3. The van der Waals surface area contributed by atoms with Crippen molar-refractivity contribution in [3.8, 4) is 5.75 Å². The molecule has 2 amide bonds. The van der Waals surface area contributed by atoms with Gasteiger partial charge >= 0.3 is 0 Å². The van der Waals surface area contributed by atoms with Crippen LogP contribution in [0.2, 0.25) is 0 Å². The molecule has 1 atom stereocenters. The van der Waals surface area contributed by atoms with Crippen LogP contribution in [0.25, 0.3) is 0 Å². The fourth-order valence-electron chi connectivity index (χ4n) is 1.73. The summed E-state index contributed by atoms with van der Waals surface area (Å²) in [5.74, 6) is 0.179. The first kappa shape index (κ1) is 20.2. The second-order valence-corrected chi connectivity index (χ2v) is 4.75. The summed E-state index contributed by atoms with van der Waals surface area (Å²) in [6, 6.07) is 8.50. The number of hydrogen-bond donors (Lipinski definition) is 2. The van der Waals surface area contributed by atoms with Crippen LogP contribution in [0, 0.1) is 0 Å². The summed E-state index contributed by atoms with van der Waals surface area (Å²) in [6.07, 6.45) is 0. The Morgan fingerprint density at radius 2 is 1.91 bits per heavy atom. The van der Waals surface area contributed by atoms with E-state index in [2.05, 4.69) is 10.6 Å². The normalized spacial score (nSPS) is 11.0. The maximum atomic E-state index is 12.0. The molecule has 2 N–H and O–H groups in total. The Bertz CT molecular complexity index is 457. The highest BCUT2D eigenvalue weighted by atomic mass is 35.5. The Morgan fingerprint density at radius 3 is 2.50 bits per heavy atom. The predicted octanol–water partition coefficient (Wildman–Crippen LogP) is 0.670. The van der Waals surface area contributed by atoms with Crippen molar-refractivity contribution in [2.24, 2.45) is 0 Å². The highest BCUT2D eigenvalue weighted by molar-refractivity contribution is 5.87. The summed E-state index contributed by atoms with van der Waals surface area (Å²) >= 11 is 0. The van der Waals surface area contributed by atoms with Crippen LogP contribution in [0.15, 0.2) is 30.3 Å². The number of rotatable bonds is 8. The Hall–Kier alpha value is -1.79. The van der Waals surface area contributed by atoms with Crippen molar-refractivity contribution in [3.63, 3.8) is 0 Å². The zero-order valence-corrected chi connectivity index (χ0v) is 14.0. The number of likely N-dealkylation sites (N-methyl/N-ethyl adjacent to an activating group) is 2. The van der Waals surface area contributed by atoms with Gasteiger partial charge in [-0.1, -0.05) is 18.2 Å². The minimum atomic E-state index is -0.571. The SMILES string of the molecule is CNCCN(C)C(=O)C(C)NC(=O)COc1ccccc1.Cl. The van der Waals surface area contributed by atoms with Gasteiger partial charge in [0.05, 0.1) is 0 Å². The highest BCUT2D eigenvalue weighted by Gasteiger charge is 2.19. The highest BCUT2D eigenvalue weighted by Crippen LogP contribution is 2.07. The number of nitrogens with one attached hydrogen (secondary N) is 2. The van der Waals surface area contributed by atoms with Gasteiger partial charge in [-0.05, 0) is 26.1 Å². The van der Waals surface area contributed by atoms with Gasteiger partial charge in [-0.3, -0.25) is 9.59 Å². The number of amides is 2. The van der Waals surface area contributed by atoms with Crippen LogP contribution in [0.3, 0.4) is 0 Å². The third-order valence-corrected chi connectivity index (χ3v) is 2.93. The van der Waals surface area contributed by atoms with Crippen LogP contribution in [0.5, 0.6) is 5.75 Å². The van der Waals surface area contributed by atoms with Gasteiger partial charge < -0.3 is 20.3 Å². The van der Waals surface area contributed by atoms with Crippen LogP contribution in [-0.2, 0) is 9.59 Å². The number of carbonyl (C=O) groups excluding carboxylic acids is 2. The van der Waals surface area contributed by atoms with Crippen molar-refractivity contribution in [1.82, 2.24) is 15.5 Å². The first-order chi connectivity index (χ1) is 10.0. The second kappa shape index (κ2) is 10.9.